The number of rotatable bonds is 5. The van der Waals surface area contributed by atoms with Crippen LogP contribution in [0.15, 0.2) is 0 Å². The average molecular weight is 344 g/mol. The van der Waals surface area contributed by atoms with Gasteiger partial charge in [0.25, 0.3) is 0 Å². The highest BCUT2D eigenvalue weighted by Crippen LogP contribution is 2.38. The number of carbonyl (C=O) groups excluding carboxylic acids is 2. The average Bonchev–Trinajstić information content (AvgIpc) is 2.40. The molecule has 0 radical (unpaired) electrons. The second kappa shape index (κ2) is 7.80. The summed E-state index contributed by atoms with van der Waals surface area (Å²) >= 11 is 0. The van der Waals surface area contributed by atoms with Crippen molar-refractivity contribution in [1.82, 2.24) is 21.2 Å². The summed E-state index contributed by atoms with van der Waals surface area (Å²) in [5.41, 5.74) is 3.26. The van der Waals surface area contributed by atoms with Gasteiger partial charge in [-0.25, -0.2) is 10.2 Å². The number of carboxylic acid groups (broad SMARTS) is 1. The molecule has 0 unspecified atom stereocenters. The Balaban J connectivity index is 2.50. The minimum absolute atomic E-state index is 0.00151. The molecule has 4 N–H and O–H groups in total. The highest BCUT2D eigenvalue weighted by Gasteiger charge is 2.46. The number of hydroxylamine groups is 2. The van der Waals surface area contributed by atoms with Crippen molar-refractivity contribution in [3.8, 4) is 0 Å². The number of nitrogens with zero attached hydrogens (tertiary/aromatic N) is 1. The Bertz CT molecular complexity index is 474. The lowest BCUT2D eigenvalue weighted by molar-refractivity contribution is -0.267. The molecule has 1 aliphatic heterocycles. The van der Waals surface area contributed by atoms with Crippen molar-refractivity contribution in [3.05, 3.63) is 0 Å². The van der Waals surface area contributed by atoms with Crippen molar-refractivity contribution >= 4 is 17.9 Å². The molecule has 9 heteroatoms. The van der Waals surface area contributed by atoms with Gasteiger partial charge in [-0.15, -0.1) is 0 Å². The van der Waals surface area contributed by atoms with Crippen LogP contribution in [0.2, 0.25) is 0 Å². The van der Waals surface area contributed by atoms with Crippen molar-refractivity contribution in [2.24, 2.45) is 0 Å². The van der Waals surface area contributed by atoms with Gasteiger partial charge in [0.15, 0.2) is 0 Å². The highest BCUT2D eigenvalue weighted by atomic mass is 16.7. The molecule has 0 spiro atoms. The smallest absolute Gasteiger partial charge is 0.423 e. The van der Waals surface area contributed by atoms with Crippen LogP contribution in [-0.2, 0) is 14.4 Å². The molecule has 0 aliphatic carbocycles. The van der Waals surface area contributed by atoms with Gasteiger partial charge in [-0.2, -0.15) is 5.06 Å². The van der Waals surface area contributed by atoms with Crippen LogP contribution in [0.25, 0.3) is 0 Å². The Morgan fingerprint density at radius 1 is 1.04 bits per heavy atom. The second-order valence-corrected chi connectivity index (χ2v) is 7.25. The summed E-state index contributed by atoms with van der Waals surface area (Å²) in [5, 5.41) is 13.3. The first-order valence-corrected chi connectivity index (χ1v) is 7.89. The maximum Gasteiger partial charge on any atom is 0.423 e. The fourth-order valence-electron chi connectivity index (χ4n) is 3.57. The molecule has 1 heterocycles. The van der Waals surface area contributed by atoms with Gasteiger partial charge in [-0.3, -0.25) is 15.0 Å². The lowest BCUT2D eigenvalue weighted by Crippen LogP contribution is -2.63. The number of piperidine rings is 1. The Morgan fingerprint density at radius 2 is 1.54 bits per heavy atom. The largest absolute Gasteiger partial charge is 0.464 e. The van der Waals surface area contributed by atoms with Crippen LogP contribution in [0.4, 0.5) is 4.79 Å². The topological polar surface area (TPSA) is 120 Å². The minimum Gasteiger partial charge on any atom is -0.464 e. The molecule has 0 aromatic rings. The van der Waals surface area contributed by atoms with E-state index in [9.17, 15) is 14.4 Å². The Morgan fingerprint density at radius 3 is 2.00 bits per heavy atom. The van der Waals surface area contributed by atoms with E-state index in [2.05, 4.69) is 33.0 Å². The molecule has 9 nitrogen and oxygen atoms in total. The SMILES string of the molecule is CON1C(C)(C)CC(NC(=O)CCC(=O)NNC(=O)O)CC1(C)C. The van der Waals surface area contributed by atoms with Crippen LogP contribution in [0.5, 0.6) is 0 Å². The zero-order valence-corrected chi connectivity index (χ0v) is 14.9. The monoisotopic (exact) mass is 344 g/mol. The van der Waals surface area contributed by atoms with Crippen LogP contribution in [0.3, 0.4) is 0 Å². The molecule has 1 fully saturated rings. The van der Waals surface area contributed by atoms with E-state index in [0.29, 0.717) is 0 Å². The van der Waals surface area contributed by atoms with Crippen LogP contribution >= 0.6 is 0 Å². The van der Waals surface area contributed by atoms with E-state index >= 15 is 0 Å². The number of amides is 3. The third-order valence-corrected chi connectivity index (χ3v) is 4.03. The van der Waals surface area contributed by atoms with Crippen LogP contribution in [0.1, 0.15) is 53.4 Å². The molecular formula is C15H28N4O5. The van der Waals surface area contributed by atoms with Crippen LogP contribution < -0.4 is 16.2 Å². The molecule has 0 saturated carbocycles. The number of carbonyl (C=O) groups is 3. The first kappa shape index (κ1) is 20.2. The predicted octanol–water partition coefficient (Wildman–Crippen LogP) is 0.765. The molecule has 138 valence electrons. The second-order valence-electron chi connectivity index (χ2n) is 7.25. The molecule has 0 atom stereocenters. The summed E-state index contributed by atoms with van der Waals surface area (Å²) in [4.78, 5) is 39.2. The summed E-state index contributed by atoms with van der Waals surface area (Å²) in [5.74, 6) is -0.787. The number of nitrogens with one attached hydrogen (secondary N) is 3. The van der Waals surface area contributed by atoms with Crippen molar-refractivity contribution in [1.29, 1.82) is 0 Å². The number of hydrazine groups is 1. The lowest BCUT2D eigenvalue weighted by atomic mass is 9.79. The molecule has 1 saturated heterocycles. The van der Waals surface area contributed by atoms with Gasteiger partial charge in [0.05, 0.1) is 7.11 Å². The van der Waals surface area contributed by atoms with Crippen molar-refractivity contribution in [2.45, 2.75) is 70.5 Å². The van der Waals surface area contributed by atoms with Gasteiger partial charge in [-0.05, 0) is 40.5 Å². The predicted molar refractivity (Wildman–Crippen MR) is 86.7 cm³/mol. The third kappa shape index (κ3) is 5.64. The lowest BCUT2D eigenvalue weighted by Gasteiger charge is -2.53. The fourth-order valence-corrected chi connectivity index (χ4v) is 3.57. The van der Waals surface area contributed by atoms with Gasteiger partial charge in [0, 0.05) is 30.0 Å². The maximum atomic E-state index is 12.1. The minimum atomic E-state index is -1.36. The van der Waals surface area contributed by atoms with Gasteiger partial charge in [0.2, 0.25) is 11.8 Å². The van der Waals surface area contributed by atoms with Gasteiger partial charge in [0.1, 0.15) is 0 Å². The first-order chi connectivity index (χ1) is 11.0. The molecule has 0 aromatic carbocycles. The van der Waals surface area contributed by atoms with E-state index in [1.165, 1.54) is 0 Å². The van der Waals surface area contributed by atoms with Gasteiger partial charge in [-0.1, -0.05) is 0 Å². The first-order valence-electron chi connectivity index (χ1n) is 7.89. The third-order valence-electron chi connectivity index (χ3n) is 4.03. The molecule has 3 amide bonds. The number of hydrogen-bond acceptors (Lipinski definition) is 5. The van der Waals surface area contributed by atoms with E-state index in [4.69, 9.17) is 9.94 Å². The van der Waals surface area contributed by atoms with Gasteiger partial charge >= 0.3 is 6.09 Å². The van der Waals surface area contributed by atoms with Gasteiger partial charge < -0.3 is 15.3 Å². The molecule has 24 heavy (non-hydrogen) atoms. The van der Waals surface area contributed by atoms with E-state index in [1.54, 1.807) is 12.5 Å². The van der Waals surface area contributed by atoms with E-state index in [1.807, 2.05) is 10.5 Å². The molecule has 0 bridgehead atoms. The summed E-state index contributed by atoms with van der Waals surface area (Å²) < 4.78 is 0. The Kier molecular flexibility index (Phi) is 6.56. The summed E-state index contributed by atoms with van der Waals surface area (Å²) in [6.07, 6.45) is 0.00186. The van der Waals surface area contributed by atoms with E-state index in [0.717, 1.165) is 12.8 Å². The van der Waals surface area contributed by atoms with E-state index in [-0.39, 0.29) is 35.9 Å². The quantitative estimate of drug-likeness (QED) is 0.547. The Labute approximate surface area is 142 Å². The van der Waals surface area contributed by atoms with Crippen molar-refractivity contribution in [3.63, 3.8) is 0 Å². The molecular weight excluding hydrogens is 316 g/mol. The van der Waals surface area contributed by atoms with Crippen LogP contribution in [-0.4, -0.2) is 52.3 Å². The number of hydrogen-bond donors (Lipinski definition) is 4. The normalized spacial score (nSPS) is 20.2. The van der Waals surface area contributed by atoms with Crippen molar-refractivity contribution in [2.75, 3.05) is 7.11 Å². The Hall–Kier alpha value is -1.87. The highest BCUT2D eigenvalue weighted by molar-refractivity contribution is 5.84. The maximum absolute atomic E-state index is 12.1. The molecule has 0 aromatic heterocycles. The zero-order valence-electron chi connectivity index (χ0n) is 14.9. The standard InChI is InChI=1S/C15H28N4O5/c1-14(2)8-10(9-15(3,4)19(14)24-5)16-11(20)6-7-12(21)17-18-13(22)23/h10,18H,6-9H2,1-5H3,(H,16,20)(H,17,21)(H,22,23). The van der Waals surface area contributed by atoms with E-state index < -0.39 is 12.0 Å². The zero-order chi connectivity index (χ0) is 18.5. The van der Waals surface area contributed by atoms with Crippen molar-refractivity contribution < 1.29 is 24.3 Å². The van der Waals surface area contributed by atoms with Crippen LogP contribution in [0, 0.1) is 0 Å². The summed E-state index contributed by atoms with van der Waals surface area (Å²) in [7, 11) is 1.65. The fraction of sp³-hybridized carbons (Fsp3) is 0.800. The summed E-state index contributed by atoms with van der Waals surface area (Å²) in [6, 6.07) is -0.0193. The summed E-state index contributed by atoms with van der Waals surface area (Å²) in [6.45, 7) is 8.23. The molecule has 1 aliphatic rings. The molecule has 1 rings (SSSR count).